The number of carboxylic acids is 1. The smallest absolute Gasteiger partial charge is 0.309 e. The zero-order chi connectivity index (χ0) is 17.8. The molecule has 1 aromatic carbocycles. The molecule has 0 saturated carbocycles. The first-order chi connectivity index (χ1) is 10.4. The van der Waals surface area contributed by atoms with E-state index in [9.17, 15) is 22.4 Å². The van der Waals surface area contributed by atoms with Crippen LogP contribution in [-0.4, -0.2) is 38.2 Å². The predicted molar refractivity (Wildman–Crippen MR) is 83.2 cm³/mol. The average molecular weight is 346 g/mol. The van der Waals surface area contributed by atoms with Crippen LogP contribution in [0.1, 0.15) is 30.6 Å². The van der Waals surface area contributed by atoms with Gasteiger partial charge in [0.25, 0.3) is 5.91 Å². The van der Waals surface area contributed by atoms with E-state index in [4.69, 9.17) is 5.11 Å². The van der Waals surface area contributed by atoms with Gasteiger partial charge in [-0.25, -0.2) is 12.8 Å². The van der Waals surface area contributed by atoms with Gasteiger partial charge >= 0.3 is 5.97 Å². The van der Waals surface area contributed by atoms with Crippen molar-refractivity contribution < 1.29 is 27.5 Å². The van der Waals surface area contributed by atoms with E-state index in [-0.39, 0.29) is 24.2 Å². The summed E-state index contributed by atoms with van der Waals surface area (Å²) in [7, 11) is -3.63. The van der Waals surface area contributed by atoms with Crippen molar-refractivity contribution in [3.8, 4) is 0 Å². The number of anilines is 1. The van der Waals surface area contributed by atoms with Crippen LogP contribution in [0.5, 0.6) is 0 Å². The minimum Gasteiger partial charge on any atom is -0.481 e. The molecular weight excluding hydrogens is 327 g/mol. The Labute approximate surface area is 133 Å². The molecule has 0 aliphatic rings. The normalized spacial score (nSPS) is 11.8. The van der Waals surface area contributed by atoms with Gasteiger partial charge < -0.3 is 10.4 Å². The lowest BCUT2D eigenvalue weighted by Crippen LogP contribution is -2.32. The van der Waals surface area contributed by atoms with Gasteiger partial charge in [-0.1, -0.05) is 0 Å². The molecule has 0 atom stereocenters. The van der Waals surface area contributed by atoms with Crippen LogP contribution >= 0.6 is 0 Å². The van der Waals surface area contributed by atoms with E-state index in [0.29, 0.717) is 0 Å². The summed E-state index contributed by atoms with van der Waals surface area (Å²) in [6, 6.07) is 3.08. The van der Waals surface area contributed by atoms with E-state index < -0.39 is 33.1 Å². The summed E-state index contributed by atoms with van der Waals surface area (Å²) in [5.74, 6) is -2.39. The Morgan fingerprint density at radius 3 is 2.43 bits per heavy atom. The number of hydrogen-bond donors (Lipinski definition) is 3. The Hall–Kier alpha value is -2.16. The largest absolute Gasteiger partial charge is 0.481 e. The third-order valence-corrected chi connectivity index (χ3v) is 3.73. The van der Waals surface area contributed by atoms with Crippen LogP contribution in [-0.2, 0) is 14.8 Å². The summed E-state index contributed by atoms with van der Waals surface area (Å²) in [6.45, 7) is 3.08. The van der Waals surface area contributed by atoms with E-state index in [1.165, 1.54) is 13.8 Å². The van der Waals surface area contributed by atoms with Crippen LogP contribution in [0.15, 0.2) is 18.2 Å². The van der Waals surface area contributed by atoms with Crippen molar-refractivity contribution in [2.45, 2.75) is 20.3 Å². The number of amides is 1. The van der Waals surface area contributed by atoms with E-state index >= 15 is 0 Å². The summed E-state index contributed by atoms with van der Waals surface area (Å²) >= 11 is 0. The maximum atomic E-state index is 13.3. The summed E-state index contributed by atoms with van der Waals surface area (Å²) in [4.78, 5) is 23.1. The second-order valence-corrected chi connectivity index (χ2v) is 7.51. The molecule has 0 spiro atoms. The first kappa shape index (κ1) is 18.9. The SMILES string of the molecule is CC(C)(CCNC(=O)c1cc(F)ccc1NS(C)(=O)=O)C(=O)O. The van der Waals surface area contributed by atoms with Gasteiger partial charge in [0, 0.05) is 6.54 Å². The number of carboxylic acid groups (broad SMARTS) is 1. The van der Waals surface area contributed by atoms with Gasteiger partial charge in [0.2, 0.25) is 10.0 Å². The molecule has 1 amide bonds. The highest BCUT2D eigenvalue weighted by atomic mass is 32.2. The van der Waals surface area contributed by atoms with Gasteiger partial charge in [0.1, 0.15) is 5.82 Å². The van der Waals surface area contributed by atoms with Gasteiger partial charge in [0.05, 0.1) is 22.9 Å². The summed E-state index contributed by atoms with van der Waals surface area (Å²) < 4.78 is 38.0. The van der Waals surface area contributed by atoms with Crippen molar-refractivity contribution in [3.05, 3.63) is 29.6 Å². The number of hydrogen-bond acceptors (Lipinski definition) is 4. The van der Waals surface area contributed by atoms with Crippen LogP contribution in [0.2, 0.25) is 0 Å². The molecule has 0 saturated heterocycles. The molecule has 7 nitrogen and oxygen atoms in total. The summed E-state index contributed by atoms with van der Waals surface area (Å²) in [5.41, 5.74) is -1.25. The van der Waals surface area contributed by atoms with Crippen molar-refractivity contribution in [1.29, 1.82) is 0 Å². The van der Waals surface area contributed by atoms with E-state index in [0.717, 1.165) is 24.5 Å². The van der Waals surface area contributed by atoms with Crippen LogP contribution in [0, 0.1) is 11.2 Å². The Morgan fingerprint density at radius 2 is 1.91 bits per heavy atom. The first-order valence-corrected chi connectivity index (χ1v) is 8.60. The molecule has 0 radical (unpaired) electrons. The van der Waals surface area contributed by atoms with Gasteiger partial charge in [-0.15, -0.1) is 0 Å². The highest BCUT2D eigenvalue weighted by Crippen LogP contribution is 2.21. The van der Waals surface area contributed by atoms with Crippen LogP contribution in [0.3, 0.4) is 0 Å². The van der Waals surface area contributed by atoms with E-state index in [1.54, 1.807) is 0 Å². The molecule has 9 heteroatoms. The van der Waals surface area contributed by atoms with Crippen LogP contribution < -0.4 is 10.0 Å². The van der Waals surface area contributed by atoms with Gasteiger partial charge in [-0.2, -0.15) is 0 Å². The molecule has 1 aromatic rings. The minimum atomic E-state index is -3.63. The van der Waals surface area contributed by atoms with Gasteiger partial charge in [-0.3, -0.25) is 14.3 Å². The lowest BCUT2D eigenvalue weighted by atomic mass is 9.90. The molecule has 0 aliphatic carbocycles. The molecule has 0 unspecified atom stereocenters. The number of rotatable bonds is 7. The lowest BCUT2D eigenvalue weighted by Gasteiger charge is -2.19. The van der Waals surface area contributed by atoms with E-state index in [1.807, 2.05) is 0 Å². The third-order valence-electron chi connectivity index (χ3n) is 3.14. The average Bonchev–Trinajstić information content (AvgIpc) is 2.38. The minimum absolute atomic E-state index is 0.0486. The molecule has 23 heavy (non-hydrogen) atoms. The zero-order valence-electron chi connectivity index (χ0n) is 13.0. The van der Waals surface area contributed by atoms with E-state index in [2.05, 4.69) is 10.0 Å². The first-order valence-electron chi connectivity index (χ1n) is 6.71. The number of benzene rings is 1. The fraction of sp³-hybridized carbons (Fsp3) is 0.429. The fourth-order valence-corrected chi connectivity index (χ4v) is 2.26. The van der Waals surface area contributed by atoms with Crippen LogP contribution in [0.4, 0.5) is 10.1 Å². The maximum Gasteiger partial charge on any atom is 0.309 e. The van der Waals surface area contributed by atoms with Gasteiger partial charge in [0.15, 0.2) is 0 Å². The Bertz CT molecular complexity index is 716. The van der Waals surface area contributed by atoms with Crippen molar-refractivity contribution >= 4 is 27.6 Å². The molecule has 0 bridgehead atoms. The molecule has 0 aromatic heterocycles. The molecular formula is C14H19FN2O5S. The highest BCUT2D eigenvalue weighted by Gasteiger charge is 2.26. The third kappa shape index (κ3) is 5.85. The molecule has 0 heterocycles. The standard InChI is InChI=1S/C14H19FN2O5S/c1-14(2,13(19)20)6-7-16-12(18)10-8-9(15)4-5-11(10)17-23(3,21)22/h4-5,8,17H,6-7H2,1-3H3,(H,16,18)(H,19,20). The number of sulfonamides is 1. The Balaban J connectivity index is 2.87. The lowest BCUT2D eigenvalue weighted by molar-refractivity contribution is -0.147. The number of carbonyl (C=O) groups is 2. The monoisotopic (exact) mass is 346 g/mol. The second kappa shape index (κ2) is 6.95. The number of carbonyl (C=O) groups excluding carboxylic acids is 1. The summed E-state index contributed by atoms with van der Waals surface area (Å²) in [6.07, 6.45) is 1.08. The maximum absolute atomic E-state index is 13.3. The molecule has 3 N–H and O–H groups in total. The fourth-order valence-electron chi connectivity index (χ4n) is 1.68. The Morgan fingerprint density at radius 1 is 1.30 bits per heavy atom. The summed E-state index contributed by atoms with van der Waals surface area (Å²) in [5, 5.41) is 11.5. The predicted octanol–water partition coefficient (Wildman–Crippen LogP) is 1.43. The Kier molecular flexibility index (Phi) is 5.70. The van der Waals surface area contributed by atoms with Crippen molar-refractivity contribution in [3.63, 3.8) is 0 Å². The van der Waals surface area contributed by atoms with Crippen molar-refractivity contribution in [2.24, 2.45) is 5.41 Å². The van der Waals surface area contributed by atoms with Crippen LogP contribution in [0.25, 0.3) is 0 Å². The molecule has 1 rings (SSSR count). The molecule has 128 valence electrons. The number of nitrogens with one attached hydrogen (secondary N) is 2. The van der Waals surface area contributed by atoms with Crippen molar-refractivity contribution in [2.75, 3.05) is 17.5 Å². The number of halogens is 1. The quantitative estimate of drug-likeness (QED) is 0.691. The molecule has 0 fully saturated rings. The highest BCUT2D eigenvalue weighted by molar-refractivity contribution is 7.92. The van der Waals surface area contributed by atoms with Crippen molar-refractivity contribution in [1.82, 2.24) is 5.32 Å². The van der Waals surface area contributed by atoms with Gasteiger partial charge in [-0.05, 0) is 38.5 Å². The topological polar surface area (TPSA) is 113 Å². The number of aliphatic carboxylic acids is 1. The molecule has 0 aliphatic heterocycles. The second-order valence-electron chi connectivity index (χ2n) is 5.76. The zero-order valence-corrected chi connectivity index (χ0v) is 13.8.